The first kappa shape index (κ1) is 10.3. The lowest BCUT2D eigenvalue weighted by Crippen LogP contribution is -2.45. The summed E-state index contributed by atoms with van der Waals surface area (Å²) in [5, 5.41) is 2.93. The van der Waals surface area contributed by atoms with Crippen LogP contribution in [0, 0.1) is 0 Å². The molecule has 2 heterocycles. The number of rotatable bonds is 0. The van der Waals surface area contributed by atoms with Gasteiger partial charge in [-0.05, 0) is 17.7 Å². The molecule has 2 aromatic rings. The first-order valence-electron chi connectivity index (χ1n) is 6.06. The van der Waals surface area contributed by atoms with Crippen molar-refractivity contribution in [1.29, 1.82) is 0 Å². The highest BCUT2D eigenvalue weighted by atomic mass is 16.2. The highest BCUT2D eigenvalue weighted by molar-refractivity contribution is 5.97. The maximum absolute atomic E-state index is 12.2. The summed E-state index contributed by atoms with van der Waals surface area (Å²) in [5.74, 6) is -0.223. The molecule has 1 aromatic heterocycles. The van der Waals surface area contributed by atoms with Gasteiger partial charge < -0.3 is 5.32 Å². The quantitative estimate of drug-likeness (QED) is 0.766. The van der Waals surface area contributed by atoms with Crippen LogP contribution in [0.4, 0.5) is 0 Å². The lowest BCUT2D eigenvalue weighted by molar-refractivity contribution is 0.0949. The van der Waals surface area contributed by atoms with E-state index in [1.54, 1.807) is 12.1 Å². The molecule has 1 amide bonds. The Labute approximate surface area is 109 Å². The van der Waals surface area contributed by atoms with Crippen LogP contribution >= 0.6 is 0 Å². The Hall–Kier alpha value is -2.62. The highest BCUT2D eigenvalue weighted by Gasteiger charge is 2.45. The minimum atomic E-state index is -0.860. The summed E-state index contributed by atoms with van der Waals surface area (Å²) in [4.78, 5) is 24.2. The van der Waals surface area contributed by atoms with Gasteiger partial charge in [0.15, 0.2) is 5.66 Å². The molecule has 4 rings (SSSR count). The van der Waals surface area contributed by atoms with Crippen LogP contribution in [-0.2, 0) is 5.66 Å². The summed E-state index contributed by atoms with van der Waals surface area (Å²) >= 11 is 0. The van der Waals surface area contributed by atoms with Gasteiger partial charge in [0, 0.05) is 11.6 Å². The third-order valence-electron chi connectivity index (χ3n) is 3.72. The minimum Gasteiger partial charge on any atom is -0.320 e. The lowest BCUT2D eigenvalue weighted by atomic mass is 10.0. The molecule has 0 radical (unpaired) electrons. The molecule has 1 N–H and O–H groups in total. The second-order valence-electron chi connectivity index (χ2n) is 4.73. The molecule has 92 valence electrons. The highest BCUT2D eigenvalue weighted by Crippen LogP contribution is 2.37. The maximum atomic E-state index is 12.2. The fourth-order valence-electron chi connectivity index (χ4n) is 2.92. The number of carbonyl (C=O) groups is 1. The minimum absolute atomic E-state index is 0.183. The van der Waals surface area contributed by atoms with Gasteiger partial charge in [-0.1, -0.05) is 36.4 Å². The number of nitrogens with one attached hydrogen (secondary N) is 1. The Morgan fingerprint density at radius 3 is 2.74 bits per heavy atom. The number of hydrogen-bond donors (Lipinski definition) is 1. The second-order valence-corrected chi connectivity index (χ2v) is 4.73. The summed E-state index contributed by atoms with van der Waals surface area (Å²) in [6.45, 7) is 0. The molecule has 0 bridgehead atoms. The molecular weight excluding hydrogens is 240 g/mol. The van der Waals surface area contributed by atoms with Gasteiger partial charge in [-0.15, -0.1) is 0 Å². The van der Waals surface area contributed by atoms with Crippen LogP contribution in [0.5, 0.6) is 0 Å². The Kier molecular flexibility index (Phi) is 1.75. The number of carbonyl (C=O) groups excluding carboxylic acids is 1. The van der Waals surface area contributed by atoms with Crippen LogP contribution in [0.1, 0.15) is 21.6 Å². The molecule has 4 heteroatoms. The molecular formula is C15H10N2O2. The molecule has 0 saturated heterocycles. The molecule has 19 heavy (non-hydrogen) atoms. The van der Waals surface area contributed by atoms with E-state index in [4.69, 9.17) is 0 Å². The Morgan fingerprint density at radius 2 is 1.84 bits per heavy atom. The molecule has 0 fully saturated rings. The van der Waals surface area contributed by atoms with Crippen molar-refractivity contribution in [2.75, 3.05) is 0 Å². The van der Waals surface area contributed by atoms with Crippen molar-refractivity contribution in [3.05, 3.63) is 75.7 Å². The van der Waals surface area contributed by atoms with E-state index in [2.05, 4.69) is 5.32 Å². The van der Waals surface area contributed by atoms with E-state index in [1.807, 2.05) is 36.4 Å². The maximum Gasteiger partial charge on any atom is 0.270 e. The zero-order chi connectivity index (χ0) is 13.0. The van der Waals surface area contributed by atoms with Gasteiger partial charge in [-0.3, -0.25) is 14.2 Å². The number of hydrogen-bond acceptors (Lipinski definition) is 2. The van der Waals surface area contributed by atoms with Crippen molar-refractivity contribution in [2.24, 2.45) is 0 Å². The Balaban J connectivity index is 2.11. The number of fused-ring (bicyclic) bond motifs is 4. The van der Waals surface area contributed by atoms with E-state index in [9.17, 15) is 9.59 Å². The van der Waals surface area contributed by atoms with Crippen LogP contribution < -0.4 is 10.9 Å². The molecule has 4 nitrogen and oxygen atoms in total. The van der Waals surface area contributed by atoms with E-state index in [0.29, 0.717) is 5.69 Å². The molecule has 1 spiro atoms. The summed E-state index contributed by atoms with van der Waals surface area (Å²) < 4.78 is 1.53. The van der Waals surface area contributed by atoms with E-state index in [1.165, 1.54) is 10.6 Å². The van der Waals surface area contributed by atoms with Crippen LogP contribution in [0.3, 0.4) is 0 Å². The average Bonchev–Trinajstić information content (AvgIpc) is 2.92. The number of amides is 1. The van der Waals surface area contributed by atoms with Crippen molar-refractivity contribution >= 4 is 12.0 Å². The summed E-state index contributed by atoms with van der Waals surface area (Å²) in [6, 6.07) is 12.5. The molecule has 1 aliphatic carbocycles. The van der Waals surface area contributed by atoms with E-state index in [-0.39, 0.29) is 11.5 Å². The zero-order valence-electron chi connectivity index (χ0n) is 9.96. The normalized spacial score (nSPS) is 22.4. The summed E-state index contributed by atoms with van der Waals surface area (Å²) in [7, 11) is 0. The van der Waals surface area contributed by atoms with Gasteiger partial charge in [0.05, 0.1) is 0 Å². The van der Waals surface area contributed by atoms with Gasteiger partial charge >= 0.3 is 0 Å². The predicted octanol–water partition coefficient (Wildman–Crippen LogP) is 1.32. The first-order valence-corrected chi connectivity index (χ1v) is 6.06. The van der Waals surface area contributed by atoms with Gasteiger partial charge in [0.1, 0.15) is 5.69 Å². The first-order chi connectivity index (χ1) is 9.22. The smallest absolute Gasteiger partial charge is 0.270 e. The van der Waals surface area contributed by atoms with E-state index in [0.717, 1.165) is 11.1 Å². The third-order valence-corrected chi connectivity index (χ3v) is 3.72. The van der Waals surface area contributed by atoms with Gasteiger partial charge in [0.25, 0.3) is 11.5 Å². The lowest BCUT2D eigenvalue weighted by Gasteiger charge is -2.26. The Bertz CT molecular complexity index is 804. The van der Waals surface area contributed by atoms with Gasteiger partial charge in [0.2, 0.25) is 0 Å². The van der Waals surface area contributed by atoms with Crippen molar-refractivity contribution in [1.82, 2.24) is 9.88 Å². The fraction of sp³-hybridized carbons (Fsp3) is 0.0667. The largest absolute Gasteiger partial charge is 0.320 e. The number of pyridine rings is 1. The standard InChI is InChI=1S/C15H10N2O2/c18-13-7-3-6-12-14(19)16-15(17(12)13)9-8-10-4-1-2-5-11(10)15/h1-9H,(H,16,19). The molecule has 0 saturated carbocycles. The van der Waals surface area contributed by atoms with Gasteiger partial charge in [-0.25, -0.2) is 0 Å². The predicted molar refractivity (Wildman–Crippen MR) is 70.7 cm³/mol. The average molecular weight is 250 g/mol. The molecule has 1 atom stereocenters. The van der Waals surface area contributed by atoms with Crippen LogP contribution in [0.15, 0.2) is 53.3 Å². The molecule has 1 aromatic carbocycles. The summed E-state index contributed by atoms with van der Waals surface area (Å²) in [6.07, 6.45) is 3.80. The topological polar surface area (TPSA) is 51.1 Å². The second kappa shape index (κ2) is 3.23. The zero-order valence-corrected chi connectivity index (χ0v) is 9.96. The Morgan fingerprint density at radius 1 is 1.00 bits per heavy atom. The van der Waals surface area contributed by atoms with E-state index < -0.39 is 5.66 Å². The van der Waals surface area contributed by atoms with Crippen molar-refractivity contribution in [3.8, 4) is 0 Å². The summed E-state index contributed by atoms with van der Waals surface area (Å²) in [5.41, 5.74) is 1.30. The molecule has 1 unspecified atom stereocenters. The van der Waals surface area contributed by atoms with Gasteiger partial charge in [-0.2, -0.15) is 0 Å². The number of benzene rings is 1. The van der Waals surface area contributed by atoms with Crippen LogP contribution in [0.2, 0.25) is 0 Å². The van der Waals surface area contributed by atoms with Crippen molar-refractivity contribution in [2.45, 2.75) is 5.66 Å². The number of nitrogens with zero attached hydrogens (tertiary/aromatic N) is 1. The SMILES string of the molecule is O=C1NC2(C=Cc3ccccc32)n2c1cccc2=O. The van der Waals surface area contributed by atoms with Crippen molar-refractivity contribution in [3.63, 3.8) is 0 Å². The molecule has 2 aliphatic rings. The molecule has 1 aliphatic heterocycles. The van der Waals surface area contributed by atoms with E-state index >= 15 is 0 Å². The third kappa shape index (κ3) is 1.13. The fourth-order valence-corrected chi connectivity index (χ4v) is 2.92. The van der Waals surface area contributed by atoms with Crippen molar-refractivity contribution < 1.29 is 4.79 Å². The monoisotopic (exact) mass is 250 g/mol. The number of aromatic nitrogens is 1. The van der Waals surface area contributed by atoms with Crippen LogP contribution in [-0.4, -0.2) is 10.5 Å². The van der Waals surface area contributed by atoms with Crippen LogP contribution in [0.25, 0.3) is 6.08 Å².